The van der Waals surface area contributed by atoms with Gasteiger partial charge in [-0.3, -0.25) is 14.6 Å². The van der Waals surface area contributed by atoms with E-state index in [1.807, 2.05) is 42.5 Å². The number of aromatic amines is 1. The lowest BCUT2D eigenvalue weighted by molar-refractivity contribution is 0.0949. The van der Waals surface area contributed by atoms with Crippen LogP contribution in [0.4, 0.5) is 5.69 Å². The van der Waals surface area contributed by atoms with Gasteiger partial charge in [-0.05, 0) is 36.4 Å². The minimum atomic E-state index is -0.378. The van der Waals surface area contributed by atoms with Gasteiger partial charge in [0.05, 0.1) is 17.3 Å². The molecule has 0 bridgehead atoms. The van der Waals surface area contributed by atoms with Gasteiger partial charge in [-0.2, -0.15) is 0 Å². The van der Waals surface area contributed by atoms with Crippen LogP contribution in [0, 0.1) is 0 Å². The number of aromatic nitrogens is 2. The second-order valence-electron chi connectivity index (χ2n) is 6.40. The van der Waals surface area contributed by atoms with Crippen LogP contribution in [-0.2, 0) is 6.54 Å². The monoisotopic (exact) mass is 404 g/mol. The van der Waals surface area contributed by atoms with Crippen LogP contribution in [-0.4, -0.2) is 21.8 Å². The molecule has 2 aromatic carbocycles. The molecule has 0 saturated carbocycles. The van der Waals surface area contributed by atoms with E-state index in [0.29, 0.717) is 22.8 Å². The minimum Gasteiger partial charge on any atom is -0.349 e. The first-order valence-corrected chi connectivity index (χ1v) is 9.35. The molecule has 2 amide bonds. The molecular weight excluding hydrogens is 388 g/mol. The zero-order chi connectivity index (χ0) is 20.2. The van der Waals surface area contributed by atoms with Crippen LogP contribution in [0.1, 0.15) is 26.5 Å². The Morgan fingerprint density at radius 3 is 2.59 bits per heavy atom. The van der Waals surface area contributed by atoms with Gasteiger partial charge in [-0.1, -0.05) is 41.9 Å². The van der Waals surface area contributed by atoms with E-state index in [-0.39, 0.29) is 17.5 Å². The third-order valence-corrected chi connectivity index (χ3v) is 4.80. The van der Waals surface area contributed by atoms with Crippen LogP contribution in [0.2, 0.25) is 5.02 Å². The Morgan fingerprint density at radius 1 is 0.966 bits per heavy atom. The van der Waals surface area contributed by atoms with Crippen molar-refractivity contribution in [3.8, 4) is 0 Å². The van der Waals surface area contributed by atoms with E-state index in [1.54, 1.807) is 30.5 Å². The number of hydrogen-bond acceptors (Lipinski definition) is 3. The van der Waals surface area contributed by atoms with Crippen LogP contribution < -0.4 is 10.6 Å². The van der Waals surface area contributed by atoms with Gasteiger partial charge in [-0.15, -0.1) is 0 Å². The highest BCUT2D eigenvalue weighted by Gasteiger charge is 2.17. The predicted octanol–water partition coefficient (Wildman–Crippen LogP) is 4.40. The van der Waals surface area contributed by atoms with E-state index < -0.39 is 0 Å². The molecule has 7 heteroatoms. The number of rotatable bonds is 5. The van der Waals surface area contributed by atoms with E-state index >= 15 is 0 Å². The summed E-state index contributed by atoms with van der Waals surface area (Å²) < 4.78 is 0. The Hall–Kier alpha value is -3.64. The molecule has 0 unspecified atom stereocenters. The molecule has 4 rings (SSSR count). The van der Waals surface area contributed by atoms with E-state index in [9.17, 15) is 9.59 Å². The van der Waals surface area contributed by atoms with E-state index in [2.05, 4.69) is 20.6 Å². The molecule has 2 heterocycles. The Morgan fingerprint density at radius 2 is 1.79 bits per heavy atom. The van der Waals surface area contributed by atoms with Crippen LogP contribution in [0.15, 0.2) is 72.9 Å². The van der Waals surface area contributed by atoms with Gasteiger partial charge in [0.1, 0.15) is 5.69 Å². The molecule has 0 fully saturated rings. The summed E-state index contributed by atoms with van der Waals surface area (Å²) in [4.78, 5) is 32.3. The summed E-state index contributed by atoms with van der Waals surface area (Å²) in [7, 11) is 0. The number of nitrogens with one attached hydrogen (secondary N) is 3. The zero-order valence-corrected chi connectivity index (χ0v) is 16.0. The fourth-order valence-electron chi connectivity index (χ4n) is 2.97. The van der Waals surface area contributed by atoms with Gasteiger partial charge in [-0.25, -0.2) is 0 Å². The highest BCUT2D eigenvalue weighted by atomic mass is 35.5. The molecule has 29 heavy (non-hydrogen) atoms. The van der Waals surface area contributed by atoms with E-state index in [0.717, 1.165) is 16.6 Å². The normalized spacial score (nSPS) is 10.7. The van der Waals surface area contributed by atoms with Crippen molar-refractivity contribution in [1.29, 1.82) is 0 Å². The van der Waals surface area contributed by atoms with E-state index in [1.165, 1.54) is 0 Å². The highest BCUT2D eigenvalue weighted by Crippen LogP contribution is 2.27. The molecule has 3 N–H and O–H groups in total. The van der Waals surface area contributed by atoms with Crippen LogP contribution in [0.3, 0.4) is 0 Å². The highest BCUT2D eigenvalue weighted by molar-refractivity contribution is 6.39. The molecule has 0 aliphatic carbocycles. The van der Waals surface area contributed by atoms with Crippen LogP contribution >= 0.6 is 11.6 Å². The molecule has 4 aromatic rings. The van der Waals surface area contributed by atoms with E-state index in [4.69, 9.17) is 11.6 Å². The van der Waals surface area contributed by atoms with Crippen molar-refractivity contribution in [1.82, 2.24) is 15.3 Å². The molecule has 144 valence electrons. The van der Waals surface area contributed by atoms with Crippen molar-refractivity contribution in [2.24, 2.45) is 0 Å². The van der Waals surface area contributed by atoms with Gasteiger partial charge in [0, 0.05) is 28.4 Å². The topological polar surface area (TPSA) is 86.9 Å². The smallest absolute Gasteiger partial charge is 0.273 e. The molecule has 0 saturated heterocycles. The summed E-state index contributed by atoms with van der Waals surface area (Å²) in [5.74, 6) is -0.632. The van der Waals surface area contributed by atoms with Crippen LogP contribution in [0.25, 0.3) is 10.9 Å². The van der Waals surface area contributed by atoms with Crippen molar-refractivity contribution in [2.45, 2.75) is 6.54 Å². The van der Waals surface area contributed by atoms with Crippen molar-refractivity contribution in [2.75, 3.05) is 5.32 Å². The third kappa shape index (κ3) is 4.12. The molecule has 0 aliphatic heterocycles. The lowest BCUT2D eigenvalue weighted by Crippen LogP contribution is -2.23. The number of hydrogen-bond donors (Lipinski definition) is 3. The molecule has 6 nitrogen and oxygen atoms in total. The fourth-order valence-corrected chi connectivity index (χ4v) is 3.27. The maximum absolute atomic E-state index is 12.7. The van der Waals surface area contributed by atoms with Crippen molar-refractivity contribution in [3.63, 3.8) is 0 Å². The lowest BCUT2D eigenvalue weighted by atomic mass is 10.2. The summed E-state index contributed by atoms with van der Waals surface area (Å²) in [5.41, 5.74) is 2.75. The maximum atomic E-state index is 12.7. The second kappa shape index (κ2) is 8.16. The SMILES string of the molecule is O=C(NCc1ccccn1)c1cccc(NC(=O)c2[nH]c3ccccc3c2Cl)c1. The molecular formula is C22H17ClN4O2. The standard InChI is InChI=1S/C22H17ClN4O2/c23-19-17-9-1-2-10-18(17)27-20(19)22(29)26-15-8-5-6-14(12-15)21(28)25-13-16-7-3-4-11-24-16/h1-12,27H,13H2,(H,25,28)(H,26,29). The number of para-hydroxylation sites is 1. The average Bonchev–Trinajstić information content (AvgIpc) is 3.10. The Balaban J connectivity index is 1.47. The number of benzene rings is 2. The van der Waals surface area contributed by atoms with Gasteiger partial charge < -0.3 is 15.6 Å². The minimum absolute atomic E-state index is 0.254. The predicted molar refractivity (Wildman–Crippen MR) is 113 cm³/mol. The largest absolute Gasteiger partial charge is 0.349 e. The molecule has 0 radical (unpaired) electrons. The van der Waals surface area contributed by atoms with Gasteiger partial charge in [0.15, 0.2) is 0 Å². The van der Waals surface area contributed by atoms with Gasteiger partial charge in [0.2, 0.25) is 0 Å². The summed E-state index contributed by atoms with van der Waals surface area (Å²) in [6.07, 6.45) is 1.67. The fraction of sp³-hybridized carbons (Fsp3) is 0.0455. The average molecular weight is 405 g/mol. The number of carbonyl (C=O) groups is 2. The number of H-pyrrole nitrogens is 1. The third-order valence-electron chi connectivity index (χ3n) is 4.41. The quantitative estimate of drug-likeness (QED) is 0.460. The summed E-state index contributed by atoms with van der Waals surface area (Å²) in [5, 5.41) is 6.74. The first-order valence-electron chi connectivity index (χ1n) is 8.97. The first kappa shape index (κ1) is 18.7. The second-order valence-corrected chi connectivity index (χ2v) is 6.78. The van der Waals surface area contributed by atoms with Crippen LogP contribution in [0.5, 0.6) is 0 Å². The van der Waals surface area contributed by atoms with Gasteiger partial charge in [0.25, 0.3) is 11.8 Å². The molecule has 0 atom stereocenters. The Bertz CT molecular complexity index is 1190. The van der Waals surface area contributed by atoms with Gasteiger partial charge >= 0.3 is 0 Å². The number of nitrogens with zero attached hydrogens (tertiary/aromatic N) is 1. The number of amides is 2. The van der Waals surface area contributed by atoms with Crippen molar-refractivity contribution in [3.05, 3.63) is 94.9 Å². The number of fused-ring (bicyclic) bond motifs is 1. The summed E-state index contributed by atoms with van der Waals surface area (Å²) in [6, 6.07) is 19.6. The molecule has 0 spiro atoms. The number of halogens is 1. The maximum Gasteiger partial charge on any atom is 0.273 e. The Labute approximate surface area is 171 Å². The Kier molecular flexibility index (Phi) is 5.27. The van der Waals surface area contributed by atoms with Crippen molar-refractivity contribution >= 4 is 40.0 Å². The number of anilines is 1. The van der Waals surface area contributed by atoms with Crippen molar-refractivity contribution < 1.29 is 9.59 Å². The number of carbonyl (C=O) groups excluding carboxylic acids is 2. The first-order chi connectivity index (χ1) is 14.1. The lowest BCUT2D eigenvalue weighted by Gasteiger charge is -2.08. The summed E-state index contributed by atoms with van der Waals surface area (Å²) >= 11 is 6.34. The molecule has 2 aromatic heterocycles. The zero-order valence-electron chi connectivity index (χ0n) is 15.3. The molecule has 0 aliphatic rings. The number of pyridine rings is 1. The summed E-state index contributed by atoms with van der Waals surface area (Å²) in [6.45, 7) is 0.320.